The van der Waals surface area contributed by atoms with Crippen LogP contribution in [0.1, 0.15) is 24.2 Å². The quantitative estimate of drug-likeness (QED) is 0.399. The van der Waals surface area contributed by atoms with Gasteiger partial charge in [0.25, 0.3) is 5.91 Å². The van der Waals surface area contributed by atoms with Gasteiger partial charge in [0.15, 0.2) is 5.65 Å². The molecule has 0 bridgehead atoms. The Kier molecular flexibility index (Phi) is 6.59. The van der Waals surface area contributed by atoms with Crippen molar-refractivity contribution in [2.45, 2.75) is 19.9 Å². The second kappa shape index (κ2) is 9.75. The van der Waals surface area contributed by atoms with E-state index >= 15 is 0 Å². The van der Waals surface area contributed by atoms with Crippen LogP contribution in [0.15, 0.2) is 42.7 Å². The van der Waals surface area contributed by atoms with E-state index in [0.29, 0.717) is 23.6 Å². The van der Waals surface area contributed by atoms with Crippen molar-refractivity contribution in [3.63, 3.8) is 0 Å². The molecule has 1 atom stereocenters. The first-order valence-electron chi connectivity index (χ1n) is 10.7. The van der Waals surface area contributed by atoms with E-state index in [0.717, 1.165) is 11.1 Å². The number of ether oxygens (including phenoxy) is 1. The van der Waals surface area contributed by atoms with Crippen LogP contribution in [0.2, 0.25) is 0 Å². The van der Waals surface area contributed by atoms with E-state index in [9.17, 15) is 14.4 Å². The number of hydrogen-bond acceptors (Lipinski definition) is 7. The minimum Gasteiger partial charge on any atom is -0.447 e. The summed E-state index contributed by atoms with van der Waals surface area (Å²) in [6.07, 6.45) is 2.97. The van der Waals surface area contributed by atoms with Crippen LogP contribution in [-0.4, -0.2) is 63.5 Å². The summed E-state index contributed by atoms with van der Waals surface area (Å²) in [6.45, 7) is 4.23. The molecule has 0 saturated carbocycles. The van der Waals surface area contributed by atoms with Crippen molar-refractivity contribution < 1.29 is 24.2 Å². The highest BCUT2D eigenvalue weighted by atomic mass is 16.6. The molecule has 0 spiro atoms. The number of aliphatic hydroxyl groups excluding tert-OH is 1. The van der Waals surface area contributed by atoms with Crippen LogP contribution < -0.4 is 21.1 Å². The molecule has 0 radical (unpaired) electrons. The third-order valence-electron chi connectivity index (χ3n) is 5.42. The molecular formula is C22H25N7O5. The maximum absolute atomic E-state index is 12.3. The fraction of sp³-hybridized carbons (Fsp3) is 0.318. The molecule has 34 heavy (non-hydrogen) atoms. The van der Waals surface area contributed by atoms with Crippen LogP contribution in [0.25, 0.3) is 16.8 Å². The summed E-state index contributed by atoms with van der Waals surface area (Å²) in [7, 11) is 0. The number of nitrogens with one attached hydrogen (secondary N) is 3. The molecule has 3 heterocycles. The molecule has 1 fully saturated rings. The Balaban J connectivity index is 1.54. The fourth-order valence-electron chi connectivity index (χ4n) is 3.59. The number of aromatic nitrogens is 3. The smallest absolute Gasteiger partial charge is 0.415 e. The van der Waals surface area contributed by atoms with E-state index in [-0.39, 0.29) is 25.1 Å². The van der Waals surface area contributed by atoms with E-state index in [2.05, 4.69) is 26.3 Å². The van der Waals surface area contributed by atoms with Gasteiger partial charge in [0, 0.05) is 23.9 Å². The highest BCUT2D eigenvalue weighted by Gasteiger charge is 2.37. The highest BCUT2D eigenvalue weighted by molar-refractivity contribution is 5.96. The van der Waals surface area contributed by atoms with E-state index in [4.69, 9.17) is 9.84 Å². The number of rotatable bonds is 6. The van der Waals surface area contributed by atoms with E-state index in [1.807, 2.05) is 13.8 Å². The van der Waals surface area contributed by atoms with E-state index in [1.54, 1.807) is 52.1 Å². The number of amides is 4. The van der Waals surface area contributed by atoms with Gasteiger partial charge in [-0.2, -0.15) is 5.10 Å². The van der Waals surface area contributed by atoms with Crippen LogP contribution in [0.5, 0.6) is 0 Å². The van der Waals surface area contributed by atoms with E-state index < -0.39 is 18.0 Å². The monoisotopic (exact) mass is 467 g/mol. The maximum atomic E-state index is 12.3. The summed E-state index contributed by atoms with van der Waals surface area (Å²) >= 11 is 0. The van der Waals surface area contributed by atoms with Crippen molar-refractivity contribution >= 4 is 29.5 Å². The van der Waals surface area contributed by atoms with Gasteiger partial charge in [0.05, 0.1) is 18.8 Å². The normalized spacial score (nSPS) is 15.5. The number of aliphatic hydroxyl groups is 1. The molecule has 4 rings (SSSR count). The van der Waals surface area contributed by atoms with Gasteiger partial charge in [0.2, 0.25) is 0 Å². The lowest BCUT2D eigenvalue weighted by atomic mass is 10.0. The average molecular weight is 467 g/mol. The second-order valence-corrected chi connectivity index (χ2v) is 8.01. The molecule has 2 aromatic heterocycles. The molecule has 12 nitrogen and oxygen atoms in total. The van der Waals surface area contributed by atoms with Crippen molar-refractivity contribution in [2.75, 3.05) is 24.7 Å². The number of fused-ring (bicyclic) bond motifs is 1. The molecule has 178 valence electrons. The first-order valence-corrected chi connectivity index (χ1v) is 10.7. The number of hydrazine groups is 1. The predicted octanol–water partition coefficient (Wildman–Crippen LogP) is 1.31. The van der Waals surface area contributed by atoms with Crippen LogP contribution in [0.4, 0.5) is 15.4 Å². The first kappa shape index (κ1) is 23.0. The molecule has 1 aliphatic rings. The first-order chi connectivity index (χ1) is 16.4. The standard InChI is InChI=1S/C22H25N7O5/c1-13(2)17-12-34-22(33)29(17)18-7-9-28-19(25-18)16(11-24-28)14-3-5-15(6-4-14)20(31)26-27-21(32)23-8-10-30/h3-7,9,11,13,17,30H,8,10,12H2,1-2H3,(H,26,31)(H2,23,27,32)/t17-/m1/s1. The van der Waals surface area contributed by atoms with Gasteiger partial charge in [-0.25, -0.2) is 24.5 Å². The van der Waals surface area contributed by atoms with Crippen molar-refractivity contribution in [2.24, 2.45) is 5.92 Å². The summed E-state index contributed by atoms with van der Waals surface area (Å²) in [5, 5.41) is 15.4. The van der Waals surface area contributed by atoms with Gasteiger partial charge < -0.3 is 15.2 Å². The molecule has 4 amide bonds. The summed E-state index contributed by atoms with van der Waals surface area (Å²) < 4.78 is 6.85. The molecule has 12 heteroatoms. The molecule has 1 aromatic carbocycles. The molecule has 4 N–H and O–H groups in total. The van der Waals surface area contributed by atoms with Crippen LogP contribution >= 0.6 is 0 Å². The number of carbonyl (C=O) groups excluding carboxylic acids is 3. The molecule has 3 aromatic rings. The summed E-state index contributed by atoms with van der Waals surface area (Å²) in [5.74, 6) is 0.179. The van der Waals surface area contributed by atoms with Crippen molar-refractivity contribution in [1.29, 1.82) is 0 Å². The van der Waals surface area contributed by atoms with Gasteiger partial charge in [-0.15, -0.1) is 0 Å². The third-order valence-corrected chi connectivity index (χ3v) is 5.42. The Morgan fingerprint density at radius 1 is 1.21 bits per heavy atom. The van der Waals surface area contributed by atoms with Gasteiger partial charge in [-0.05, 0) is 29.7 Å². The highest BCUT2D eigenvalue weighted by Crippen LogP contribution is 2.29. The summed E-state index contributed by atoms with van der Waals surface area (Å²) in [5.41, 5.74) is 6.87. The lowest BCUT2D eigenvalue weighted by Gasteiger charge is -2.23. The van der Waals surface area contributed by atoms with Crippen LogP contribution in [0, 0.1) is 5.92 Å². The van der Waals surface area contributed by atoms with Crippen LogP contribution in [-0.2, 0) is 4.74 Å². The lowest BCUT2D eigenvalue weighted by Crippen LogP contribution is -2.47. The van der Waals surface area contributed by atoms with Gasteiger partial charge >= 0.3 is 12.1 Å². The molecule has 0 aliphatic carbocycles. The van der Waals surface area contributed by atoms with E-state index in [1.165, 1.54) is 0 Å². The number of nitrogens with zero attached hydrogens (tertiary/aromatic N) is 4. The fourth-order valence-corrected chi connectivity index (χ4v) is 3.59. The number of cyclic esters (lactones) is 1. The van der Waals surface area contributed by atoms with Crippen molar-refractivity contribution in [3.8, 4) is 11.1 Å². The maximum Gasteiger partial charge on any atom is 0.415 e. The van der Waals surface area contributed by atoms with Gasteiger partial charge in [-0.1, -0.05) is 26.0 Å². The molecular weight excluding hydrogens is 442 g/mol. The Hall–Kier alpha value is -4.19. The molecule has 1 aliphatic heterocycles. The predicted molar refractivity (Wildman–Crippen MR) is 122 cm³/mol. The zero-order chi connectivity index (χ0) is 24.2. The topological polar surface area (TPSA) is 150 Å². The number of hydrogen-bond donors (Lipinski definition) is 4. The zero-order valence-electron chi connectivity index (χ0n) is 18.7. The Labute approximate surface area is 194 Å². The average Bonchev–Trinajstić information content (AvgIpc) is 3.44. The Bertz CT molecular complexity index is 1210. The number of benzene rings is 1. The number of anilines is 1. The third kappa shape index (κ3) is 4.62. The Morgan fingerprint density at radius 2 is 1.97 bits per heavy atom. The largest absolute Gasteiger partial charge is 0.447 e. The van der Waals surface area contributed by atoms with Gasteiger partial charge in [-0.3, -0.25) is 15.1 Å². The van der Waals surface area contributed by atoms with Crippen molar-refractivity contribution in [3.05, 3.63) is 48.3 Å². The number of carbonyl (C=O) groups is 3. The SMILES string of the molecule is CC(C)[C@H]1COC(=O)N1c1ccn2ncc(-c3ccc(C(=O)NNC(=O)NCCO)cc3)c2n1. The zero-order valence-corrected chi connectivity index (χ0v) is 18.7. The molecule has 1 saturated heterocycles. The Morgan fingerprint density at radius 3 is 2.68 bits per heavy atom. The summed E-state index contributed by atoms with van der Waals surface area (Å²) in [6, 6.07) is 7.69. The minimum atomic E-state index is -0.631. The lowest BCUT2D eigenvalue weighted by molar-refractivity contribution is 0.0936. The molecule has 0 unspecified atom stereocenters. The number of urea groups is 1. The van der Waals surface area contributed by atoms with Crippen molar-refractivity contribution in [1.82, 2.24) is 30.8 Å². The minimum absolute atomic E-state index is 0.0723. The summed E-state index contributed by atoms with van der Waals surface area (Å²) in [4.78, 5) is 42.3. The second-order valence-electron chi connectivity index (χ2n) is 8.01. The van der Waals surface area contributed by atoms with Gasteiger partial charge in [0.1, 0.15) is 12.4 Å². The van der Waals surface area contributed by atoms with Crippen LogP contribution in [0.3, 0.4) is 0 Å².